The smallest absolute Gasteiger partial charge is 0.262 e. The Labute approximate surface area is 109 Å². The molecule has 2 aromatic rings. The lowest BCUT2D eigenvalue weighted by Crippen LogP contribution is -1.96. The number of rotatable bonds is 4. The summed E-state index contributed by atoms with van der Waals surface area (Å²) in [5.41, 5.74) is 0. The monoisotopic (exact) mass is 293 g/mol. The normalized spacial score (nSPS) is 10.0. The summed E-state index contributed by atoms with van der Waals surface area (Å²) in [5, 5.41) is 0. The zero-order chi connectivity index (χ0) is 12.1. The number of aromatic nitrogens is 1. The molecule has 0 aliphatic rings. The van der Waals surface area contributed by atoms with Crippen molar-refractivity contribution in [3.8, 4) is 17.4 Å². The van der Waals surface area contributed by atoms with Gasteiger partial charge in [0.25, 0.3) is 5.88 Å². The highest BCUT2D eigenvalue weighted by Gasteiger charge is 2.06. The molecule has 2 rings (SSSR count). The first kappa shape index (κ1) is 11.9. The summed E-state index contributed by atoms with van der Waals surface area (Å²) in [5.74, 6) is 1.85. The predicted octanol–water partition coefficient (Wildman–Crippen LogP) is 4.04. The number of nitrogens with zero attached hydrogens (tertiary/aromatic N) is 1. The fourth-order valence-electron chi connectivity index (χ4n) is 1.36. The van der Waals surface area contributed by atoms with E-state index in [9.17, 15) is 0 Å². The fraction of sp³-hybridized carbons (Fsp3) is 0.154. The van der Waals surface area contributed by atoms with Crippen LogP contribution in [-0.4, -0.2) is 11.6 Å². The molecule has 0 saturated carbocycles. The van der Waals surface area contributed by atoms with Crippen LogP contribution in [0.15, 0.2) is 47.1 Å². The molecule has 0 radical (unpaired) electrons. The number of benzene rings is 1. The Kier molecular flexibility index (Phi) is 3.98. The third kappa shape index (κ3) is 3.20. The molecular weight excluding hydrogens is 282 g/mol. The molecule has 0 amide bonds. The second kappa shape index (κ2) is 5.68. The van der Waals surface area contributed by atoms with E-state index in [2.05, 4.69) is 20.9 Å². The third-order valence-corrected chi connectivity index (χ3v) is 2.54. The summed E-state index contributed by atoms with van der Waals surface area (Å²) in [6, 6.07) is 11.2. The number of ether oxygens (including phenoxy) is 2. The van der Waals surface area contributed by atoms with Crippen molar-refractivity contribution in [2.45, 2.75) is 6.92 Å². The highest BCUT2D eigenvalue weighted by atomic mass is 79.9. The van der Waals surface area contributed by atoms with E-state index in [1.807, 2.05) is 43.3 Å². The van der Waals surface area contributed by atoms with Crippen molar-refractivity contribution < 1.29 is 9.47 Å². The van der Waals surface area contributed by atoms with Gasteiger partial charge in [-0.15, -0.1) is 0 Å². The zero-order valence-electron chi connectivity index (χ0n) is 9.39. The van der Waals surface area contributed by atoms with E-state index in [1.54, 1.807) is 6.20 Å². The van der Waals surface area contributed by atoms with Crippen LogP contribution in [0.25, 0.3) is 0 Å². The van der Waals surface area contributed by atoms with E-state index in [4.69, 9.17) is 9.47 Å². The summed E-state index contributed by atoms with van der Waals surface area (Å²) in [6.07, 6.45) is 1.68. The minimum absolute atomic E-state index is 0.479. The minimum Gasteiger partial charge on any atom is -0.488 e. The Bertz CT molecular complexity index is 502. The van der Waals surface area contributed by atoms with Gasteiger partial charge in [0.05, 0.1) is 6.61 Å². The summed E-state index contributed by atoms with van der Waals surface area (Å²) >= 11 is 3.39. The maximum Gasteiger partial charge on any atom is 0.262 e. The van der Waals surface area contributed by atoms with Crippen molar-refractivity contribution in [3.63, 3.8) is 0 Å². The van der Waals surface area contributed by atoms with Crippen molar-refractivity contribution in [1.82, 2.24) is 4.98 Å². The topological polar surface area (TPSA) is 31.4 Å². The standard InChI is InChI=1S/C13H12BrNO2/c1-2-16-12-7-4-8-15-13(12)17-11-6-3-5-10(14)9-11/h3-9H,2H2,1H3. The van der Waals surface area contributed by atoms with E-state index < -0.39 is 0 Å². The number of halogens is 1. The molecule has 0 bridgehead atoms. The van der Waals surface area contributed by atoms with Gasteiger partial charge < -0.3 is 9.47 Å². The first-order chi connectivity index (χ1) is 8.29. The lowest BCUT2D eigenvalue weighted by Gasteiger charge is -2.09. The average molecular weight is 294 g/mol. The maximum absolute atomic E-state index is 5.68. The van der Waals surface area contributed by atoms with Crippen LogP contribution < -0.4 is 9.47 Å². The van der Waals surface area contributed by atoms with Gasteiger partial charge in [-0.2, -0.15) is 0 Å². The van der Waals surface area contributed by atoms with Crippen LogP contribution in [0.1, 0.15) is 6.92 Å². The average Bonchev–Trinajstić information content (AvgIpc) is 2.32. The molecule has 0 spiro atoms. The van der Waals surface area contributed by atoms with Crippen molar-refractivity contribution in [2.24, 2.45) is 0 Å². The van der Waals surface area contributed by atoms with Gasteiger partial charge in [0.2, 0.25) is 0 Å². The van der Waals surface area contributed by atoms with Gasteiger partial charge in [-0.05, 0) is 37.3 Å². The van der Waals surface area contributed by atoms with Crippen LogP contribution in [-0.2, 0) is 0 Å². The molecule has 0 unspecified atom stereocenters. The third-order valence-electron chi connectivity index (χ3n) is 2.05. The van der Waals surface area contributed by atoms with Gasteiger partial charge >= 0.3 is 0 Å². The number of hydrogen-bond acceptors (Lipinski definition) is 3. The molecule has 0 saturated heterocycles. The van der Waals surface area contributed by atoms with Crippen molar-refractivity contribution in [3.05, 3.63) is 47.1 Å². The molecule has 0 fully saturated rings. The summed E-state index contributed by atoms with van der Waals surface area (Å²) < 4.78 is 12.1. The number of pyridine rings is 1. The maximum atomic E-state index is 5.68. The Hall–Kier alpha value is -1.55. The SMILES string of the molecule is CCOc1cccnc1Oc1cccc(Br)c1. The molecule has 0 aliphatic heterocycles. The van der Waals surface area contributed by atoms with Crippen LogP contribution >= 0.6 is 15.9 Å². The quantitative estimate of drug-likeness (QED) is 0.853. The summed E-state index contributed by atoms with van der Waals surface area (Å²) in [4.78, 5) is 4.16. The van der Waals surface area contributed by atoms with Crippen LogP contribution in [0.4, 0.5) is 0 Å². The molecular formula is C13H12BrNO2. The van der Waals surface area contributed by atoms with Crippen molar-refractivity contribution in [2.75, 3.05) is 6.61 Å². The lowest BCUT2D eigenvalue weighted by molar-refractivity contribution is 0.316. The molecule has 88 valence electrons. The molecule has 1 aromatic heterocycles. The second-order valence-corrected chi connectivity index (χ2v) is 4.21. The Balaban J connectivity index is 2.23. The number of hydrogen-bond donors (Lipinski definition) is 0. The Morgan fingerprint density at radius 3 is 2.88 bits per heavy atom. The van der Waals surface area contributed by atoms with Gasteiger partial charge in [0, 0.05) is 10.7 Å². The minimum atomic E-state index is 0.479. The van der Waals surface area contributed by atoms with Crippen LogP contribution in [0, 0.1) is 0 Å². The lowest BCUT2D eigenvalue weighted by atomic mass is 10.3. The van der Waals surface area contributed by atoms with Gasteiger partial charge in [-0.25, -0.2) is 4.98 Å². The highest BCUT2D eigenvalue weighted by molar-refractivity contribution is 9.10. The van der Waals surface area contributed by atoms with Crippen molar-refractivity contribution >= 4 is 15.9 Å². The molecule has 4 heteroatoms. The van der Waals surface area contributed by atoms with Crippen molar-refractivity contribution in [1.29, 1.82) is 0 Å². The predicted molar refractivity (Wildman–Crippen MR) is 69.6 cm³/mol. The van der Waals surface area contributed by atoms with Gasteiger partial charge in [0.15, 0.2) is 5.75 Å². The molecule has 0 N–H and O–H groups in total. The second-order valence-electron chi connectivity index (χ2n) is 3.30. The van der Waals surface area contributed by atoms with Gasteiger partial charge in [0.1, 0.15) is 5.75 Å². The molecule has 3 nitrogen and oxygen atoms in total. The first-order valence-electron chi connectivity index (χ1n) is 5.31. The van der Waals surface area contributed by atoms with Crippen LogP contribution in [0.3, 0.4) is 0 Å². The van der Waals surface area contributed by atoms with E-state index in [-0.39, 0.29) is 0 Å². The molecule has 1 heterocycles. The Morgan fingerprint density at radius 2 is 2.12 bits per heavy atom. The van der Waals surface area contributed by atoms with Crippen LogP contribution in [0.2, 0.25) is 0 Å². The van der Waals surface area contributed by atoms with E-state index in [0.717, 1.165) is 10.2 Å². The molecule has 0 aliphatic carbocycles. The van der Waals surface area contributed by atoms with E-state index in [1.165, 1.54) is 0 Å². The highest BCUT2D eigenvalue weighted by Crippen LogP contribution is 2.29. The Morgan fingerprint density at radius 1 is 1.24 bits per heavy atom. The molecule has 0 atom stereocenters. The molecule has 1 aromatic carbocycles. The largest absolute Gasteiger partial charge is 0.488 e. The van der Waals surface area contributed by atoms with Crippen LogP contribution in [0.5, 0.6) is 17.4 Å². The first-order valence-corrected chi connectivity index (χ1v) is 6.10. The fourth-order valence-corrected chi connectivity index (χ4v) is 1.74. The van der Waals surface area contributed by atoms with Gasteiger partial charge in [-0.1, -0.05) is 22.0 Å². The summed E-state index contributed by atoms with van der Waals surface area (Å²) in [6.45, 7) is 2.51. The van der Waals surface area contributed by atoms with Gasteiger partial charge in [-0.3, -0.25) is 0 Å². The van der Waals surface area contributed by atoms with E-state index in [0.29, 0.717) is 18.2 Å². The zero-order valence-corrected chi connectivity index (χ0v) is 11.0. The summed E-state index contributed by atoms with van der Waals surface area (Å²) in [7, 11) is 0. The molecule has 17 heavy (non-hydrogen) atoms. The van der Waals surface area contributed by atoms with E-state index >= 15 is 0 Å².